The van der Waals surface area contributed by atoms with Gasteiger partial charge in [0, 0.05) is 18.8 Å². The van der Waals surface area contributed by atoms with Crippen LogP contribution in [0.15, 0.2) is 41.5 Å². The van der Waals surface area contributed by atoms with Crippen LogP contribution in [-0.2, 0) is 19.9 Å². The lowest BCUT2D eigenvalue weighted by Crippen LogP contribution is -2.49. The van der Waals surface area contributed by atoms with Gasteiger partial charge < -0.3 is 14.6 Å². The fourth-order valence-electron chi connectivity index (χ4n) is 5.02. The molecule has 24 heavy (non-hydrogen) atoms. The van der Waals surface area contributed by atoms with E-state index in [1.807, 2.05) is 18.2 Å². The van der Waals surface area contributed by atoms with Crippen molar-refractivity contribution in [2.75, 3.05) is 6.61 Å². The number of aliphatic hydroxyl groups is 1. The molecule has 2 heterocycles. The van der Waals surface area contributed by atoms with Gasteiger partial charge in [-0.15, -0.1) is 0 Å². The van der Waals surface area contributed by atoms with Gasteiger partial charge in [-0.05, 0) is 32.3 Å². The van der Waals surface area contributed by atoms with Crippen LogP contribution in [0.1, 0.15) is 45.1 Å². The van der Waals surface area contributed by atoms with Gasteiger partial charge in [0.1, 0.15) is 23.9 Å². The van der Waals surface area contributed by atoms with Crippen molar-refractivity contribution in [2.24, 2.45) is 5.92 Å². The Morgan fingerprint density at radius 3 is 2.83 bits per heavy atom. The molecule has 0 radical (unpaired) electrons. The Kier molecular flexibility index (Phi) is 3.59. The Balaban J connectivity index is 1.79. The largest absolute Gasteiger partial charge is 0.457 e. The highest BCUT2D eigenvalue weighted by Gasteiger charge is 2.64. The number of hydrogen-bond donors (Lipinski definition) is 1. The molecule has 0 saturated carbocycles. The standard InChI is InChI=1S/C20H24O4/c1-13-8-9-16-15(13)10-20(14-6-4-3-5-7-14)11-17(19(16,2)24-20)23-18(22)12-21/h3-7,16-17,21H,8-12H2,1-2H3. The SMILES string of the molecule is CC1=C2CC3(c4ccccc4)CC(OC(=O)CO)C(C)(O3)C2CC1. The lowest BCUT2D eigenvalue weighted by Gasteiger charge is -2.45. The first kappa shape index (κ1) is 15.9. The third-order valence-electron chi connectivity index (χ3n) is 6.22. The summed E-state index contributed by atoms with van der Waals surface area (Å²) in [6.07, 6.45) is 3.33. The number of carbonyl (C=O) groups is 1. The number of aliphatic hydroxyl groups excluding tert-OH is 1. The lowest BCUT2D eigenvalue weighted by atomic mass is 9.77. The van der Waals surface area contributed by atoms with E-state index in [1.54, 1.807) is 0 Å². The third kappa shape index (κ3) is 2.16. The Labute approximate surface area is 142 Å². The van der Waals surface area contributed by atoms with Crippen molar-refractivity contribution in [1.82, 2.24) is 0 Å². The maximum atomic E-state index is 11.8. The molecule has 2 bridgehead atoms. The van der Waals surface area contributed by atoms with Gasteiger partial charge in [-0.2, -0.15) is 0 Å². The first-order valence-electron chi connectivity index (χ1n) is 8.73. The van der Waals surface area contributed by atoms with E-state index in [2.05, 4.69) is 26.0 Å². The Hall–Kier alpha value is -1.65. The van der Waals surface area contributed by atoms with Crippen molar-refractivity contribution >= 4 is 5.97 Å². The van der Waals surface area contributed by atoms with Gasteiger partial charge in [0.05, 0.1) is 0 Å². The summed E-state index contributed by atoms with van der Waals surface area (Å²) in [6, 6.07) is 10.3. The average molecular weight is 328 g/mol. The quantitative estimate of drug-likeness (QED) is 0.684. The van der Waals surface area contributed by atoms with Gasteiger partial charge in [-0.1, -0.05) is 41.5 Å². The molecule has 1 aromatic carbocycles. The molecule has 4 nitrogen and oxygen atoms in total. The number of esters is 1. The van der Waals surface area contributed by atoms with Crippen LogP contribution in [0, 0.1) is 5.92 Å². The van der Waals surface area contributed by atoms with Crippen LogP contribution in [0.3, 0.4) is 0 Å². The second-order valence-corrected chi connectivity index (χ2v) is 7.56. The monoisotopic (exact) mass is 328 g/mol. The topological polar surface area (TPSA) is 55.8 Å². The van der Waals surface area contributed by atoms with Crippen LogP contribution in [0.5, 0.6) is 0 Å². The molecular formula is C20H24O4. The maximum Gasteiger partial charge on any atom is 0.332 e. The van der Waals surface area contributed by atoms with E-state index < -0.39 is 23.8 Å². The maximum absolute atomic E-state index is 11.8. The van der Waals surface area contributed by atoms with E-state index in [0.29, 0.717) is 12.3 Å². The number of allylic oxidation sites excluding steroid dienone is 1. The molecule has 4 unspecified atom stereocenters. The highest BCUT2D eigenvalue weighted by molar-refractivity contribution is 5.70. The number of ether oxygens (including phenoxy) is 2. The molecule has 2 fully saturated rings. The smallest absolute Gasteiger partial charge is 0.332 e. The normalized spacial score (nSPS) is 37.5. The molecule has 0 aromatic heterocycles. The zero-order valence-electron chi connectivity index (χ0n) is 14.2. The highest BCUT2D eigenvalue weighted by Crippen LogP contribution is 2.61. The zero-order chi connectivity index (χ0) is 16.9. The molecule has 2 saturated heterocycles. The first-order chi connectivity index (χ1) is 11.5. The van der Waals surface area contributed by atoms with E-state index in [1.165, 1.54) is 11.1 Å². The summed E-state index contributed by atoms with van der Waals surface area (Å²) < 4.78 is 12.3. The minimum atomic E-state index is -0.586. The molecule has 0 amide bonds. The van der Waals surface area contributed by atoms with Crippen LogP contribution in [0.2, 0.25) is 0 Å². The lowest BCUT2D eigenvalue weighted by molar-refractivity contribution is -0.181. The number of rotatable bonds is 3. The van der Waals surface area contributed by atoms with E-state index in [9.17, 15) is 4.79 Å². The summed E-state index contributed by atoms with van der Waals surface area (Å²) >= 11 is 0. The Bertz CT molecular complexity index is 695. The van der Waals surface area contributed by atoms with E-state index in [4.69, 9.17) is 14.6 Å². The van der Waals surface area contributed by atoms with Gasteiger partial charge in [-0.3, -0.25) is 0 Å². The molecule has 1 aliphatic carbocycles. The van der Waals surface area contributed by atoms with Gasteiger partial charge >= 0.3 is 5.97 Å². The first-order valence-corrected chi connectivity index (χ1v) is 8.73. The highest BCUT2D eigenvalue weighted by atomic mass is 16.6. The molecule has 0 spiro atoms. The van der Waals surface area contributed by atoms with Gasteiger partial charge in [0.25, 0.3) is 0 Å². The molecule has 1 N–H and O–H groups in total. The van der Waals surface area contributed by atoms with Crippen LogP contribution >= 0.6 is 0 Å². The van der Waals surface area contributed by atoms with Crippen LogP contribution in [0.4, 0.5) is 0 Å². The molecule has 1 aromatic rings. The van der Waals surface area contributed by atoms with E-state index in [0.717, 1.165) is 24.8 Å². The summed E-state index contributed by atoms with van der Waals surface area (Å²) in [5.74, 6) is -0.269. The number of hydrogen-bond acceptors (Lipinski definition) is 4. The summed E-state index contributed by atoms with van der Waals surface area (Å²) in [5, 5.41) is 9.11. The van der Waals surface area contributed by atoms with Crippen molar-refractivity contribution in [2.45, 2.75) is 56.8 Å². The molecule has 2 aliphatic heterocycles. The van der Waals surface area contributed by atoms with Crippen molar-refractivity contribution < 1.29 is 19.4 Å². The predicted molar refractivity (Wildman–Crippen MR) is 89.2 cm³/mol. The summed E-state index contributed by atoms with van der Waals surface area (Å²) in [5.41, 5.74) is 3.13. The fraction of sp³-hybridized carbons (Fsp3) is 0.550. The van der Waals surface area contributed by atoms with E-state index in [-0.39, 0.29) is 6.10 Å². The minimum Gasteiger partial charge on any atom is -0.457 e. The minimum absolute atomic E-state index is 0.299. The van der Waals surface area contributed by atoms with Gasteiger partial charge in [0.2, 0.25) is 0 Å². The Morgan fingerprint density at radius 2 is 2.12 bits per heavy atom. The van der Waals surface area contributed by atoms with E-state index >= 15 is 0 Å². The van der Waals surface area contributed by atoms with Crippen molar-refractivity contribution in [3.63, 3.8) is 0 Å². The molecule has 3 aliphatic rings. The van der Waals surface area contributed by atoms with Gasteiger partial charge in [-0.25, -0.2) is 4.79 Å². The fourth-order valence-corrected chi connectivity index (χ4v) is 5.02. The number of fused-ring (bicyclic) bond motifs is 4. The Morgan fingerprint density at radius 1 is 1.38 bits per heavy atom. The molecule has 128 valence electrons. The second kappa shape index (κ2) is 5.43. The third-order valence-corrected chi connectivity index (χ3v) is 6.22. The summed E-state index contributed by atoms with van der Waals surface area (Å²) in [7, 11) is 0. The second-order valence-electron chi connectivity index (χ2n) is 7.56. The summed E-state index contributed by atoms with van der Waals surface area (Å²) in [4.78, 5) is 11.8. The zero-order valence-corrected chi connectivity index (χ0v) is 14.2. The summed E-state index contributed by atoms with van der Waals surface area (Å²) in [6.45, 7) is 3.71. The predicted octanol–water partition coefficient (Wildman–Crippen LogP) is 3.10. The van der Waals surface area contributed by atoms with Crippen molar-refractivity contribution in [1.29, 1.82) is 0 Å². The van der Waals surface area contributed by atoms with Crippen molar-refractivity contribution in [3.05, 3.63) is 47.0 Å². The molecular weight excluding hydrogens is 304 g/mol. The number of carbonyl (C=O) groups excluding carboxylic acids is 1. The van der Waals surface area contributed by atoms with Crippen LogP contribution in [-0.4, -0.2) is 29.4 Å². The van der Waals surface area contributed by atoms with Crippen LogP contribution in [0.25, 0.3) is 0 Å². The van der Waals surface area contributed by atoms with Crippen LogP contribution < -0.4 is 0 Å². The molecule has 4 rings (SSSR count). The van der Waals surface area contributed by atoms with Gasteiger partial charge in [0.15, 0.2) is 0 Å². The number of benzene rings is 1. The average Bonchev–Trinajstić information content (AvgIpc) is 3.07. The molecule has 4 atom stereocenters. The molecule has 4 heteroatoms. The van der Waals surface area contributed by atoms with Crippen molar-refractivity contribution in [3.8, 4) is 0 Å².